The maximum absolute atomic E-state index is 11.2. The molecule has 0 radical (unpaired) electrons. The molecule has 4 aromatic rings. The van der Waals surface area contributed by atoms with E-state index in [9.17, 15) is 9.90 Å². The van der Waals surface area contributed by atoms with E-state index in [1.165, 1.54) is 6.08 Å². The molecule has 4 rings (SSSR count). The molecule has 0 amide bonds. The topological polar surface area (TPSA) is 121 Å². The van der Waals surface area contributed by atoms with Crippen molar-refractivity contribution in [2.75, 3.05) is 0 Å². The third-order valence-corrected chi connectivity index (χ3v) is 5.29. The van der Waals surface area contributed by atoms with Crippen molar-refractivity contribution in [3.8, 4) is 22.9 Å². The number of aromatic amines is 2. The van der Waals surface area contributed by atoms with Crippen molar-refractivity contribution in [3.63, 3.8) is 0 Å². The molecule has 0 unspecified atom stereocenters. The van der Waals surface area contributed by atoms with Crippen molar-refractivity contribution in [2.24, 2.45) is 0 Å². The van der Waals surface area contributed by atoms with Gasteiger partial charge in [0, 0.05) is 28.6 Å². The Morgan fingerprint density at radius 3 is 1.76 bits per heavy atom. The van der Waals surface area contributed by atoms with E-state index in [2.05, 4.69) is 48.1 Å². The summed E-state index contributed by atoms with van der Waals surface area (Å²) in [4.78, 5) is 11.2. The van der Waals surface area contributed by atoms with Crippen molar-refractivity contribution >= 4 is 11.5 Å². The standard InChI is InChI=1S/C25H26N4O4/c1-14(2)22-20(24(28-26-22)17-9-6-12-32-17)16(8-5-11-19(30)31)21-23(15(3)4)27-29-25(21)18-10-7-13-33-18/h5-15H,1-4H3,(H,26,28)(H,27,29)(H,30,31). The van der Waals surface area contributed by atoms with E-state index in [0.717, 1.165) is 34.2 Å². The average molecular weight is 447 g/mol. The molecule has 0 aliphatic rings. The molecule has 8 nitrogen and oxygen atoms in total. The molecule has 0 saturated heterocycles. The molecule has 33 heavy (non-hydrogen) atoms. The van der Waals surface area contributed by atoms with Crippen molar-refractivity contribution in [1.82, 2.24) is 20.4 Å². The van der Waals surface area contributed by atoms with Gasteiger partial charge in [-0.25, -0.2) is 4.79 Å². The maximum atomic E-state index is 11.2. The van der Waals surface area contributed by atoms with E-state index in [1.807, 2.05) is 24.3 Å². The summed E-state index contributed by atoms with van der Waals surface area (Å²) in [6.07, 6.45) is 7.60. The van der Waals surface area contributed by atoms with Gasteiger partial charge in [0.25, 0.3) is 0 Å². The zero-order valence-electron chi connectivity index (χ0n) is 18.9. The highest BCUT2D eigenvalue weighted by molar-refractivity contribution is 5.94. The average Bonchev–Trinajstić information content (AvgIpc) is 3.55. The van der Waals surface area contributed by atoms with E-state index >= 15 is 0 Å². The molecule has 4 aromatic heterocycles. The van der Waals surface area contributed by atoms with Crippen LogP contribution in [0.15, 0.2) is 63.9 Å². The molecule has 0 atom stereocenters. The van der Waals surface area contributed by atoms with Gasteiger partial charge in [-0.05, 0) is 41.7 Å². The van der Waals surface area contributed by atoms with Crippen LogP contribution in [0.5, 0.6) is 0 Å². The lowest BCUT2D eigenvalue weighted by atomic mass is 9.87. The molecular weight excluding hydrogens is 420 g/mol. The minimum atomic E-state index is -1.03. The van der Waals surface area contributed by atoms with Crippen molar-refractivity contribution < 1.29 is 18.7 Å². The van der Waals surface area contributed by atoms with Crippen molar-refractivity contribution in [3.05, 3.63) is 77.5 Å². The van der Waals surface area contributed by atoms with Crippen LogP contribution < -0.4 is 0 Å². The first kappa shape index (κ1) is 22.1. The Labute approximate surface area is 191 Å². The number of carboxylic acids is 1. The smallest absolute Gasteiger partial charge is 0.328 e. The number of H-pyrrole nitrogens is 2. The Morgan fingerprint density at radius 2 is 1.39 bits per heavy atom. The lowest BCUT2D eigenvalue weighted by molar-refractivity contribution is -0.131. The molecule has 0 fully saturated rings. The van der Waals surface area contributed by atoms with Gasteiger partial charge in [-0.2, -0.15) is 10.2 Å². The number of carbonyl (C=O) groups is 1. The van der Waals surface area contributed by atoms with E-state index in [1.54, 1.807) is 18.6 Å². The second kappa shape index (κ2) is 9.20. The third-order valence-electron chi connectivity index (χ3n) is 5.29. The predicted octanol–water partition coefficient (Wildman–Crippen LogP) is 5.97. The Bertz CT molecular complexity index is 1200. The monoisotopic (exact) mass is 446 g/mol. The normalized spacial score (nSPS) is 11.7. The molecule has 170 valence electrons. The number of aromatic nitrogens is 4. The summed E-state index contributed by atoms with van der Waals surface area (Å²) in [7, 11) is 0. The zero-order chi connectivity index (χ0) is 23.5. The molecule has 3 N–H and O–H groups in total. The quantitative estimate of drug-likeness (QED) is 0.226. The van der Waals surface area contributed by atoms with E-state index < -0.39 is 5.97 Å². The first-order valence-electron chi connectivity index (χ1n) is 10.7. The van der Waals surface area contributed by atoms with Crippen LogP contribution in [0.25, 0.3) is 28.5 Å². The van der Waals surface area contributed by atoms with Crippen molar-refractivity contribution in [2.45, 2.75) is 39.5 Å². The first-order valence-corrected chi connectivity index (χ1v) is 10.7. The van der Waals surface area contributed by atoms with Crippen LogP contribution >= 0.6 is 0 Å². The SMILES string of the molecule is CC(C)c1[nH]nc(-c2ccco2)c1C(=CC=CC(=O)O)c1c(-c2ccco2)n[nH]c1C(C)C. The summed E-state index contributed by atoms with van der Waals surface area (Å²) in [5.41, 5.74) is 5.49. The van der Waals surface area contributed by atoms with Crippen LogP contribution in [-0.4, -0.2) is 31.5 Å². The highest BCUT2D eigenvalue weighted by Gasteiger charge is 2.29. The van der Waals surface area contributed by atoms with Gasteiger partial charge >= 0.3 is 5.97 Å². The van der Waals surface area contributed by atoms with Gasteiger partial charge in [0.15, 0.2) is 11.5 Å². The van der Waals surface area contributed by atoms with Crippen LogP contribution in [0, 0.1) is 0 Å². The molecule has 0 bridgehead atoms. The van der Waals surface area contributed by atoms with E-state index in [-0.39, 0.29) is 11.8 Å². The van der Waals surface area contributed by atoms with Gasteiger partial charge in [0.2, 0.25) is 0 Å². The molecule has 0 aliphatic carbocycles. The second-order valence-corrected chi connectivity index (χ2v) is 8.26. The molecule has 4 heterocycles. The lowest BCUT2D eigenvalue weighted by Gasteiger charge is -2.15. The predicted molar refractivity (Wildman–Crippen MR) is 125 cm³/mol. The lowest BCUT2D eigenvalue weighted by Crippen LogP contribution is -2.01. The van der Waals surface area contributed by atoms with Gasteiger partial charge < -0.3 is 13.9 Å². The summed E-state index contributed by atoms with van der Waals surface area (Å²) >= 11 is 0. The fraction of sp³-hybridized carbons (Fsp3) is 0.240. The van der Waals surface area contributed by atoms with Gasteiger partial charge in [0.05, 0.1) is 12.5 Å². The summed E-state index contributed by atoms with van der Waals surface area (Å²) in [5, 5.41) is 24.7. The van der Waals surface area contributed by atoms with E-state index in [0.29, 0.717) is 22.9 Å². The number of hydrogen-bond acceptors (Lipinski definition) is 5. The number of allylic oxidation sites excluding steroid dienone is 2. The Kier molecular flexibility index (Phi) is 6.17. The number of carboxylic acid groups (broad SMARTS) is 1. The first-order chi connectivity index (χ1) is 15.9. The number of aliphatic carboxylic acids is 1. The van der Waals surface area contributed by atoms with Gasteiger partial charge in [0.1, 0.15) is 11.4 Å². The van der Waals surface area contributed by atoms with Gasteiger partial charge in [-0.3, -0.25) is 10.2 Å². The van der Waals surface area contributed by atoms with Crippen molar-refractivity contribution in [1.29, 1.82) is 0 Å². The molecule has 0 saturated carbocycles. The number of hydrogen-bond donors (Lipinski definition) is 3. The Morgan fingerprint density at radius 1 is 0.909 bits per heavy atom. The Balaban J connectivity index is 2.06. The summed E-state index contributed by atoms with van der Waals surface area (Å²) < 4.78 is 11.4. The van der Waals surface area contributed by atoms with Crippen LogP contribution in [-0.2, 0) is 4.79 Å². The van der Waals surface area contributed by atoms with Crippen LogP contribution in [0.3, 0.4) is 0 Å². The highest BCUT2D eigenvalue weighted by atomic mass is 16.4. The molecule has 0 aliphatic heterocycles. The van der Waals surface area contributed by atoms with Gasteiger partial charge in [-0.1, -0.05) is 39.8 Å². The molecule has 8 heteroatoms. The fourth-order valence-electron chi connectivity index (χ4n) is 3.79. The van der Waals surface area contributed by atoms with Crippen LogP contribution in [0.2, 0.25) is 0 Å². The molecule has 0 aromatic carbocycles. The van der Waals surface area contributed by atoms with Crippen LogP contribution in [0.4, 0.5) is 0 Å². The number of rotatable bonds is 8. The minimum Gasteiger partial charge on any atom is -0.478 e. The summed E-state index contributed by atoms with van der Waals surface area (Å²) in [6, 6.07) is 7.31. The number of nitrogens with one attached hydrogen (secondary N) is 2. The van der Waals surface area contributed by atoms with Crippen LogP contribution in [0.1, 0.15) is 62.0 Å². The minimum absolute atomic E-state index is 0.115. The highest BCUT2D eigenvalue weighted by Crippen LogP contribution is 2.42. The fourth-order valence-corrected chi connectivity index (χ4v) is 3.79. The third kappa shape index (κ3) is 4.32. The molecular formula is C25H26N4O4. The number of furan rings is 2. The Hall–Kier alpha value is -4.07. The zero-order valence-corrected chi connectivity index (χ0v) is 18.9. The van der Waals surface area contributed by atoms with Gasteiger partial charge in [-0.15, -0.1) is 0 Å². The number of nitrogens with zero attached hydrogens (tertiary/aromatic N) is 2. The second-order valence-electron chi connectivity index (χ2n) is 8.26. The largest absolute Gasteiger partial charge is 0.478 e. The van der Waals surface area contributed by atoms with E-state index in [4.69, 9.17) is 8.83 Å². The summed E-state index contributed by atoms with van der Waals surface area (Å²) in [5.74, 6) is 0.413. The maximum Gasteiger partial charge on any atom is 0.328 e. The molecule has 0 spiro atoms. The summed E-state index contributed by atoms with van der Waals surface area (Å²) in [6.45, 7) is 8.28.